The monoisotopic (exact) mass is 323 g/mol. The van der Waals surface area contributed by atoms with Gasteiger partial charge in [-0.05, 0) is 45.4 Å². The van der Waals surface area contributed by atoms with Gasteiger partial charge in [0.05, 0.1) is 13.0 Å². The van der Waals surface area contributed by atoms with Crippen LogP contribution in [0, 0.1) is 6.92 Å². The third kappa shape index (κ3) is 3.43. The van der Waals surface area contributed by atoms with Crippen molar-refractivity contribution in [3.05, 3.63) is 56.2 Å². The Hall–Kier alpha value is -1.13. The molecule has 1 aromatic heterocycles. The number of halogens is 1. The van der Waals surface area contributed by atoms with Crippen LogP contribution in [-0.2, 0) is 17.8 Å². The summed E-state index contributed by atoms with van der Waals surface area (Å²) >= 11 is 5.09. The van der Waals surface area contributed by atoms with Crippen molar-refractivity contribution < 1.29 is 4.79 Å². The molecule has 0 spiro atoms. The van der Waals surface area contributed by atoms with E-state index in [1.54, 1.807) is 11.3 Å². The third-order valence-electron chi connectivity index (χ3n) is 2.75. The lowest BCUT2D eigenvalue weighted by atomic mass is 10.1. The fraction of sp³-hybridized carbons (Fsp3) is 0.214. The first-order chi connectivity index (χ1) is 8.66. The molecule has 1 N–H and O–H groups in total. The van der Waals surface area contributed by atoms with E-state index in [2.05, 4.69) is 21.2 Å². The first kappa shape index (κ1) is 13.3. The van der Waals surface area contributed by atoms with E-state index >= 15 is 0 Å². The minimum atomic E-state index is 0.0598. The average molecular weight is 324 g/mol. The first-order valence-electron chi connectivity index (χ1n) is 5.70. The summed E-state index contributed by atoms with van der Waals surface area (Å²) in [6, 6.07) is 9.97. The molecule has 94 valence electrons. The van der Waals surface area contributed by atoms with Crippen molar-refractivity contribution in [1.29, 1.82) is 0 Å². The molecule has 4 heteroatoms. The molecule has 0 atom stereocenters. The molecular formula is C14H14BrNOS. The molecule has 0 saturated heterocycles. The largest absolute Gasteiger partial charge is 0.351 e. The Labute approximate surface area is 119 Å². The molecule has 1 amide bonds. The molecule has 0 saturated carbocycles. The minimum Gasteiger partial charge on any atom is -0.351 e. The van der Waals surface area contributed by atoms with Gasteiger partial charge in [0.1, 0.15) is 0 Å². The number of nitrogens with one attached hydrogen (secondary N) is 1. The van der Waals surface area contributed by atoms with Crippen molar-refractivity contribution in [1.82, 2.24) is 5.32 Å². The predicted octanol–water partition coefficient (Wildman–Crippen LogP) is 3.68. The summed E-state index contributed by atoms with van der Waals surface area (Å²) in [5.41, 5.74) is 2.24. The van der Waals surface area contributed by atoms with Crippen LogP contribution in [0.4, 0.5) is 0 Å². The van der Waals surface area contributed by atoms with Gasteiger partial charge in [0.25, 0.3) is 0 Å². The van der Waals surface area contributed by atoms with E-state index in [1.807, 2.05) is 42.6 Å². The van der Waals surface area contributed by atoms with Gasteiger partial charge >= 0.3 is 0 Å². The molecule has 2 aromatic rings. The lowest BCUT2D eigenvalue weighted by Crippen LogP contribution is -2.24. The van der Waals surface area contributed by atoms with E-state index < -0.39 is 0 Å². The Morgan fingerprint density at radius 3 is 2.78 bits per heavy atom. The zero-order valence-corrected chi connectivity index (χ0v) is 12.5. The Bertz CT molecular complexity index is 550. The molecule has 1 heterocycles. The fourth-order valence-corrected chi connectivity index (χ4v) is 3.11. The number of hydrogen-bond acceptors (Lipinski definition) is 2. The third-order valence-corrected chi connectivity index (χ3v) is 4.68. The predicted molar refractivity (Wildman–Crippen MR) is 78.7 cm³/mol. The summed E-state index contributed by atoms with van der Waals surface area (Å²) in [6.45, 7) is 2.61. The van der Waals surface area contributed by atoms with Crippen LogP contribution in [0.15, 0.2) is 40.2 Å². The van der Waals surface area contributed by atoms with Gasteiger partial charge in [0, 0.05) is 9.35 Å². The Morgan fingerprint density at radius 1 is 1.33 bits per heavy atom. The highest BCUT2D eigenvalue weighted by Gasteiger charge is 2.07. The number of rotatable bonds is 4. The molecule has 18 heavy (non-hydrogen) atoms. The summed E-state index contributed by atoms with van der Waals surface area (Å²) in [5, 5.41) is 4.95. The maximum atomic E-state index is 11.8. The highest BCUT2D eigenvalue weighted by molar-refractivity contribution is 9.10. The van der Waals surface area contributed by atoms with Gasteiger partial charge in [0.2, 0.25) is 5.91 Å². The Kier molecular flexibility index (Phi) is 4.55. The van der Waals surface area contributed by atoms with Crippen LogP contribution in [-0.4, -0.2) is 5.91 Å². The van der Waals surface area contributed by atoms with E-state index in [-0.39, 0.29) is 5.91 Å². The summed E-state index contributed by atoms with van der Waals surface area (Å²) in [7, 11) is 0. The van der Waals surface area contributed by atoms with E-state index in [4.69, 9.17) is 0 Å². The molecule has 0 aliphatic rings. The van der Waals surface area contributed by atoms with Gasteiger partial charge in [-0.25, -0.2) is 0 Å². The molecule has 2 rings (SSSR count). The summed E-state index contributed by atoms with van der Waals surface area (Å²) in [6.07, 6.45) is 0.440. The minimum absolute atomic E-state index is 0.0598. The topological polar surface area (TPSA) is 29.1 Å². The maximum absolute atomic E-state index is 11.8. The van der Waals surface area contributed by atoms with E-state index in [1.165, 1.54) is 0 Å². The van der Waals surface area contributed by atoms with Gasteiger partial charge in [-0.1, -0.05) is 24.3 Å². The average Bonchev–Trinajstić information content (AvgIpc) is 2.75. The zero-order chi connectivity index (χ0) is 13.0. The van der Waals surface area contributed by atoms with Gasteiger partial charge < -0.3 is 5.32 Å². The van der Waals surface area contributed by atoms with Gasteiger partial charge in [-0.2, -0.15) is 0 Å². The molecule has 0 unspecified atom stereocenters. The molecule has 0 radical (unpaired) electrons. The number of aryl methyl sites for hydroxylation is 1. The molecule has 2 nitrogen and oxygen atoms in total. The normalized spacial score (nSPS) is 10.3. The van der Waals surface area contributed by atoms with Gasteiger partial charge in [0.15, 0.2) is 0 Å². The molecular weight excluding hydrogens is 310 g/mol. The summed E-state index contributed by atoms with van der Waals surface area (Å²) in [5.74, 6) is 0.0598. The van der Waals surface area contributed by atoms with Gasteiger partial charge in [-0.3, -0.25) is 4.79 Å². The van der Waals surface area contributed by atoms with Crippen molar-refractivity contribution in [3.63, 3.8) is 0 Å². The number of carbonyl (C=O) groups is 1. The molecule has 0 aliphatic heterocycles. The molecule has 0 aliphatic carbocycles. The smallest absolute Gasteiger partial charge is 0.224 e. The molecule has 0 bridgehead atoms. The van der Waals surface area contributed by atoms with E-state index in [0.29, 0.717) is 13.0 Å². The molecule has 0 fully saturated rings. The second kappa shape index (κ2) is 6.16. The zero-order valence-electron chi connectivity index (χ0n) is 10.1. The number of carbonyl (C=O) groups excluding carboxylic acids is 1. The lowest BCUT2D eigenvalue weighted by Gasteiger charge is -2.06. The quantitative estimate of drug-likeness (QED) is 0.913. The SMILES string of the molecule is Cc1ccccc1CC(=O)NCc1sccc1Br. The van der Waals surface area contributed by atoms with E-state index in [0.717, 1.165) is 20.5 Å². The number of thiophene rings is 1. The second-order valence-electron chi connectivity index (χ2n) is 4.07. The number of benzene rings is 1. The number of amides is 1. The Balaban J connectivity index is 1.90. The summed E-state index contributed by atoms with van der Waals surface area (Å²) < 4.78 is 1.06. The highest BCUT2D eigenvalue weighted by Crippen LogP contribution is 2.22. The van der Waals surface area contributed by atoms with Crippen LogP contribution in [0.1, 0.15) is 16.0 Å². The van der Waals surface area contributed by atoms with Crippen LogP contribution in [0.2, 0.25) is 0 Å². The van der Waals surface area contributed by atoms with E-state index in [9.17, 15) is 4.79 Å². The first-order valence-corrected chi connectivity index (χ1v) is 7.37. The van der Waals surface area contributed by atoms with Gasteiger partial charge in [-0.15, -0.1) is 11.3 Å². The van der Waals surface area contributed by atoms with Crippen molar-refractivity contribution in [3.8, 4) is 0 Å². The van der Waals surface area contributed by atoms with Crippen LogP contribution in [0.25, 0.3) is 0 Å². The molecule has 1 aromatic carbocycles. The second-order valence-corrected chi connectivity index (χ2v) is 5.93. The lowest BCUT2D eigenvalue weighted by molar-refractivity contribution is -0.120. The van der Waals surface area contributed by atoms with Crippen molar-refractivity contribution in [2.24, 2.45) is 0 Å². The van der Waals surface area contributed by atoms with Crippen LogP contribution < -0.4 is 5.32 Å². The van der Waals surface area contributed by atoms with Crippen molar-refractivity contribution >= 4 is 33.2 Å². The highest BCUT2D eigenvalue weighted by atomic mass is 79.9. The standard InChI is InChI=1S/C14H14BrNOS/c1-10-4-2-3-5-11(10)8-14(17)16-9-13-12(15)6-7-18-13/h2-7H,8-9H2,1H3,(H,16,17). The van der Waals surface area contributed by atoms with Crippen LogP contribution >= 0.6 is 27.3 Å². The number of hydrogen-bond donors (Lipinski definition) is 1. The van der Waals surface area contributed by atoms with Crippen molar-refractivity contribution in [2.45, 2.75) is 19.9 Å². The van der Waals surface area contributed by atoms with Crippen LogP contribution in [0.3, 0.4) is 0 Å². The fourth-order valence-electron chi connectivity index (χ4n) is 1.67. The Morgan fingerprint density at radius 2 is 2.11 bits per heavy atom. The summed E-state index contributed by atoms with van der Waals surface area (Å²) in [4.78, 5) is 13.0. The van der Waals surface area contributed by atoms with Crippen molar-refractivity contribution in [2.75, 3.05) is 0 Å². The van der Waals surface area contributed by atoms with Crippen LogP contribution in [0.5, 0.6) is 0 Å². The maximum Gasteiger partial charge on any atom is 0.224 e.